The summed E-state index contributed by atoms with van der Waals surface area (Å²) in [6, 6.07) is 11.2. The molecule has 1 aromatic carbocycles. The number of amides is 2. The van der Waals surface area contributed by atoms with Gasteiger partial charge in [-0.15, -0.1) is 0 Å². The summed E-state index contributed by atoms with van der Waals surface area (Å²) in [6.07, 6.45) is 8.59. The summed E-state index contributed by atoms with van der Waals surface area (Å²) < 4.78 is 5.47. The standard InChI is InChI=1S/C26H23N5O3/c1-17-22(14-30-25(32)23-15-27-8-9-28-23)21-7-10-31(16-20(21)13-29-17)26(33)19-5-2-4-18(12-19)24-6-3-11-34-24/h2-6,8-9,11-13,15H,7,10,14,16H2,1H3,(H,30,32). The number of carbonyl (C=O) groups excluding carboxylic acids is 2. The Hall–Kier alpha value is -4.33. The van der Waals surface area contributed by atoms with Crippen molar-refractivity contribution in [3.05, 3.63) is 101 Å². The minimum absolute atomic E-state index is 0.0304. The van der Waals surface area contributed by atoms with E-state index in [9.17, 15) is 9.59 Å². The molecule has 3 aromatic heterocycles. The van der Waals surface area contributed by atoms with Crippen molar-refractivity contribution in [1.82, 2.24) is 25.2 Å². The number of nitrogens with zero attached hydrogens (tertiary/aromatic N) is 4. The number of rotatable bonds is 5. The Bertz CT molecular complexity index is 1340. The molecule has 0 spiro atoms. The highest BCUT2D eigenvalue weighted by atomic mass is 16.3. The second-order valence-corrected chi connectivity index (χ2v) is 8.13. The summed E-state index contributed by atoms with van der Waals surface area (Å²) in [6.45, 7) is 3.33. The van der Waals surface area contributed by atoms with Crippen LogP contribution in [0.4, 0.5) is 0 Å². The van der Waals surface area contributed by atoms with Crippen molar-refractivity contribution >= 4 is 11.8 Å². The van der Waals surface area contributed by atoms with Crippen LogP contribution in [0.15, 0.2) is 71.9 Å². The number of pyridine rings is 1. The second-order valence-electron chi connectivity index (χ2n) is 8.13. The number of benzene rings is 1. The van der Waals surface area contributed by atoms with Crippen LogP contribution in [-0.2, 0) is 19.5 Å². The largest absolute Gasteiger partial charge is 0.464 e. The molecule has 34 heavy (non-hydrogen) atoms. The van der Waals surface area contributed by atoms with Gasteiger partial charge >= 0.3 is 0 Å². The number of aromatic nitrogens is 3. The molecule has 0 atom stereocenters. The van der Waals surface area contributed by atoms with Crippen LogP contribution in [-0.4, -0.2) is 38.2 Å². The Morgan fingerprint density at radius 2 is 2.03 bits per heavy atom. The topological polar surface area (TPSA) is 101 Å². The number of fused-ring (bicyclic) bond motifs is 1. The van der Waals surface area contributed by atoms with Crippen LogP contribution in [0.1, 0.15) is 43.2 Å². The van der Waals surface area contributed by atoms with Crippen molar-refractivity contribution in [2.45, 2.75) is 26.4 Å². The average Bonchev–Trinajstić information content (AvgIpc) is 3.43. The average molecular weight is 454 g/mol. The van der Waals surface area contributed by atoms with Gasteiger partial charge in [-0.25, -0.2) is 4.98 Å². The molecule has 0 saturated carbocycles. The van der Waals surface area contributed by atoms with Crippen LogP contribution in [0.2, 0.25) is 0 Å². The monoisotopic (exact) mass is 453 g/mol. The van der Waals surface area contributed by atoms with Gasteiger partial charge in [0.25, 0.3) is 11.8 Å². The molecule has 0 aliphatic carbocycles. The van der Waals surface area contributed by atoms with Crippen molar-refractivity contribution in [2.75, 3.05) is 6.54 Å². The molecule has 1 aliphatic heterocycles. The summed E-state index contributed by atoms with van der Waals surface area (Å²) in [5, 5.41) is 2.91. The Morgan fingerprint density at radius 3 is 2.82 bits per heavy atom. The van der Waals surface area contributed by atoms with Crippen molar-refractivity contribution in [3.8, 4) is 11.3 Å². The van der Waals surface area contributed by atoms with Crippen LogP contribution in [0, 0.1) is 6.92 Å². The SMILES string of the molecule is Cc1ncc2c(c1CNC(=O)c1cnccn1)CCN(C(=O)c1cccc(-c3ccco3)c1)C2. The molecule has 170 valence electrons. The molecule has 4 heterocycles. The first-order valence-corrected chi connectivity index (χ1v) is 11.0. The minimum atomic E-state index is -0.283. The molecule has 1 N–H and O–H groups in total. The van der Waals surface area contributed by atoms with Crippen LogP contribution < -0.4 is 5.32 Å². The second kappa shape index (κ2) is 9.27. The predicted octanol–water partition coefficient (Wildman–Crippen LogP) is 3.57. The molecule has 8 nitrogen and oxygen atoms in total. The maximum Gasteiger partial charge on any atom is 0.271 e. The zero-order valence-corrected chi connectivity index (χ0v) is 18.7. The molecular formula is C26H23N5O3. The van der Waals surface area contributed by atoms with E-state index in [4.69, 9.17) is 4.42 Å². The van der Waals surface area contributed by atoms with Gasteiger partial charge in [-0.1, -0.05) is 12.1 Å². The van der Waals surface area contributed by atoms with Gasteiger partial charge in [0, 0.05) is 55.0 Å². The minimum Gasteiger partial charge on any atom is -0.464 e. The van der Waals surface area contributed by atoms with Crippen LogP contribution in [0.3, 0.4) is 0 Å². The van der Waals surface area contributed by atoms with Crippen LogP contribution >= 0.6 is 0 Å². The van der Waals surface area contributed by atoms with Gasteiger partial charge in [0.1, 0.15) is 11.5 Å². The number of hydrogen-bond donors (Lipinski definition) is 1. The molecule has 2 amide bonds. The van der Waals surface area contributed by atoms with E-state index in [1.807, 2.05) is 54.4 Å². The summed E-state index contributed by atoms with van der Waals surface area (Å²) in [5.41, 5.74) is 5.74. The molecule has 0 fully saturated rings. The van der Waals surface area contributed by atoms with Crippen LogP contribution in [0.5, 0.6) is 0 Å². The lowest BCUT2D eigenvalue weighted by Gasteiger charge is -2.30. The normalized spacial score (nSPS) is 12.8. The molecule has 5 rings (SSSR count). The molecule has 0 saturated heterocycles. The highest BCUT2D eigenvalue weighted by Gasteiger charge is 2.25. The summed E-state index contributed by atoms with van der Waals surface area (Å²) in [7, 11) is 0. The van der Waals surface area contributed by atoms with Gasteiger partial charge in [-0.3, -0.25) is 19.6 Å². The fraction of sp³-hybridized carbons (Fsp3) is 0.192. The first kappa shape index (κ1) is 21.5. The summed E-state index contributed by atoms with van der Waals surface area (Å²) in [4.78, 5) is 40.0. The number of aryl methyl sites for hydroxylation is 1. The molecule has 0 unspecified atom stereocenters. The number of furan rings is 1. The zero-order chi connectivity index (χ0) is 23.5. The van der Waals surface area contributed by atoms with Gasteiger partial charge in [0.05, 0.1) is 12.5 Å². The van der Waals surface area contributed by atoms with E-state index < -0.39 is 0 Å². The quantitative estimate of drug-likeness (QED) is 0.496. The molecule has 0 radical (unpaired) electrons. The van der Waals surface area contributed by atoms with Crippen LogP contribution in [0.25, 0.3) is 11.3 Å². The highest BCUT2D eigenvalue weighted by molar-refractivity contribution is 5.95. The van der Waals surface area contributed by atoms with E-state index in [2.05, 4.69) is 20.3 Å². The van der Waals surface area contributed by atoms with Gasteiger partial charge in [-0.05, 0) is 54.3 Å². The van der Waals surface area contributed by atoms with E-state index in [1.165, 1.54) is 18.6 Å². The lowest BCUT2D eigenvalue weighted by molar-refractivity contribution is 0.0734. The van der Waals surface area contributed by atoms with E-state index in [0.717, 1.165) is 33.7 Å². The predicted molar refractivity (Wildman–Crippen MR) is 125 cm³/mol. The van der Waals surface area contributed by atoms with Crippen molar-refractivity contribution in [2.24, 2.45) is 0 Å². The first-order valence-electron chi connectivity index (χ1n) is 11.0. The van der Waals surface area contributed by atoms with Gasteiger partial charge in [0.2, 0.25) is 0 Å². The lowest BCUT2D eigenvalue weighted by Crippen LogP contribution is -2.37. The van der Waals surface area contributed by atoms with Crippen molar-refractivity contribution in [1.29, 1.82) is 0 Å². The van der Waals surface area contributed by atoms with E-state index in [0.29, 0.717) is 31.6 Å². The number of carbonyl (C=O) groups is 2. The Morgan fingerprint density at radius 1 is 1.12 bits per heavy atom. The maximum absolute atomic E-state index is 13.3. The Balaban J connectivity index is 1.32. The fourth-order valence-electron chi connectivity index (χ4n) is 4.24. The highest BCUT2D eigenvalue weighted by Crippen LogP contribution is 2.26. The Kier molecular flexibility index (Phi) is 5.86. The zero-order valence-electron chi connectivity index (χ0n) is 18.7. The van der Waals surface area contributed by atoms with E-state index >= 15 is 0 Å². The number of hydrogen-bond acceptors (Lipinski definition) is 6. The third-order valence-electron chi connectivity index (χ3n) is 6.02. The van der Waals surface area contributed by atoms with E-state index in [-0.39, 0.29) is 17.5 Å². The fourth-order valence-corrected chi connectivity index (χ4v) is 4.24. The molecule has 8 heteroatoms. The number of nitrogens with one attached hydrogen (secondary N) is 1. The molecule has 4 aromatic rings. The lowest BCUT2D eigenvalue weighted by atomic mass is 9.94. The summed E-state index contributed by atoms with van der Waals surface area (Å²) in [5.74, 6) is 0.415. The smallest absolute Gasteiger partial charge is 0.271 e. The summed E-state index contributed by atoms with van der Waals surface area (Å²) >= 11 is 0. The van der Waals surface area contributed by atoms with Crippen molar-refractivity contribution in [3.63, 3.8) is 0 Å². The van der Waals surface area contributed by atoms with E-state index in [1.54, 1.807) is 6.26 Å². The third-order valence-corrected chi connectivity index (χ3v) is 6.02. The Labute approximate surface area is 196 Å². The van der Waals surface area contributed by atoms with Gasteiger partial charge in [-0.2, -0.15) is 0 Å². The van der Waals surface area contributed by atoms with Gasteiger partial charge in [0.15, 0.2) is 0 Å². The molecule has 1 aliphatic rings. The first-order chi connectivity index (χ1) is 16.6. The third kappa shape index (κ3) is 4.30. The van der Waals surface area contributed by atoms with Gasteiger partial charge < -0.3 is 14.6 Å². The maximum atomic E-state index is 13.3. The molecular weight excluding hydrogens is 430 g/mol. The molecule has 0 bridgehead atoms. The van der Waals surface area contributed by atoms with Crippen molar-refractivity contribution < 1.29 is 14.0 Å².